The van der Waals surface area contributed by atoms with Gasteiger partial charge in [0.15, 0.2) is 5.75 Å². The van der Waals surface area contributed by atoms with Gasteiger partial charge in [-0.1, -0.05) is 13.8 Å². The van der Waals surface area contributed by atoms with E-state index in [0.717, 1.165) is 29.2 Å². The van der Waals surface area contributed by atoms with Gasteiger partial charge in [-0.25, -0.2) is 9.18 Å². The highest BCUT2D eigenvalue weighted by Crippen LogP contribution is 2.51. The van der Waals surface area contributed by atoms with E-state index in [0.29, 0.717) is 35.4 Å². The Bertz CT molecular complexity index is 1390. The van der Waals surface area contributed by atoms with Crippen LogP contribution < -0.4 is 10.2 Å². The third-order valence-corrected chi connectivity index (χ3v) is 7.96. The summed E-state index contributed by atoms with van der Waals surface area (Å²) in [6.07, 6.45) is 3.00. The molecule has 1 unspecified atom stereocenters. The largest absolute Gasteiger partial charge is 0.477 e. The summed E-state index contributed by atoms with van der Waals surface area (Å²) in [6.45, 7) is 0.553. The van der Waals surface area contributed by atoms with E-state index in [2.05, 4.69) is 0 Å². The predicted molar refractivity (Wildman–Crippen MR) is 120 cm³/mol. The number of aryl methyl sites for hydroxylation is 1. The number of fused-ring (bicyclic) bond motifs is 2. The number of hydrogen-bond donors (Lipinski definition) is 2. The van der Waals surface area contributed by atoms with Gasteiger partial charge in [0.2, 0.25) is 5.43 Å². The molecule has 2 aliphatic rings. The average molecular weight is 494 g/mol. The zero-order chi connectivity index (χ0) is 24.5. The van der Waals surface area contributed by atoms with Crippen molar-refractivity contribution in [3.63, 3.8) is 0 Å². The summed E-state index contributed by atoms with van der Waals surface area (Å²) in [5.41, 5.74) is -1.39. The molecule has 6 nitrogen and oxygen atoms in total. The van der Waals surface area contributed by atoms with E-state index in [9.17, 15) is 28.6 Å². The number of alkyl halides is 2. The Balaban J connectivity index is 1.83. The quantitative estimate of drug-likeness (QED) is 0.489. The summed E-state index contributed by atoms with van der Waals surface area (Å²) in [5, 5.41) is 19.9. The van der Waals surface area contributed by atoms with Crippen LogP contribution in [0.25, 0.3) is 21.3 Å². The van der Waals surface area contributed by atoms with Crippen LogP contribution in [0.2, 0.25) is 0 Å². The Morgan fingerprint density at radius 3 is 2.62 bits per heavy atom. The molecule has 1 aromatic carbocycles. The highest BCUT2D eigenvalue weighted by molar-refractivity contribution is 7.15. The highest BCUT2D eigenvalue weighted by atomic mass is 32.1. The highest BCUT2D eigenvalue weighted by Gasteiger charge is 2.37. The van der Waals surface area contributed by atoms with Gasteiger partial charge in [0.1, 0.15) is 11.4 Å². The lowest BCUT2D eigenvalue weighted by molar-refractivity contribution is -0.0487. The predicted octanol–water partition coefficient (Wildman–Crippen LogP) is 5.51. The van der Waals surface area contributed by atoms with E-state index >= 15 is 4.39 Å². The number of nitrogens with zero attached hydrogens (tertiary/aromatic N) is 1. The summed E-state index contributed by atoms with van der Waals surface area (Å²) < 4.78 is 48.9. The Morgan fingerprint density at radius 1 is 1.29 bits per heavy atom. The Hall–Kier alpha value is -2.85. The van der Waals surface area contributed by atoms with Gasteiger partial charge in [-0.2, -0.15) is 8.78 Å². The van der Waals surface area contributed by atoms with Crippen molar-refractivity contribution in [2.75, 3.05) is 0 Å². The third kappa shape index (κ3) is 3.60. The van der Waals surface area contributed by atoms with Gasteiger partial charge in [-0.3, -0.25) is 4.79 Å². The molecule has 3 aromatic rings. The second-order valence-corrected chi connectivity index (χ2v) is 10.6. The van der Waals surface area contributed by atoms with Gasteiger partial charge in [0.25, 0.3) is 0 Å². The Labute approximate surface area is 196 Å². The van der Waals surface area contributed by atoms with Crippen LogP contribution in [0.15, 0.2) is 23.1 Å². The SMILES string of the molecule is CC1(C)CCc2cc(-c3c(F)cc4c(=O)c(C(=O)O)cn(C5CC5)c4c3OC(F)F)sc2C1O. The van der Waals surface area contributed by atoms with Crippen LogP contribution in [0.4, 0.5) is 13.2 Å². The lowest BCUT2D eigenvalue weighted by atomic mass is 9.75. The van der Waals surface area contributed by atoms with Gasteiger partial charge in [-0.15, -0.1) is 11.3 Å². The van der Waals surface area contributed by atoms with Crippen molar-refractivity contribution < 1.29 is 32.9 Å². The van der Waals surface area contributed by atoms with Crippen molar-refractivity contribution in [3.05, 3.63) is 50.4 Å². The van der Waals surface area contributed by atoms with E-state index in [4.69, 9.17) is 4.74 Å². The molecule has 0 spiro atoms. The zero-order valence-electron chi connectivity index (χ0n) is 18.4. The molecule has 0 bridgehead atoms. The molecular formula is C24H22F3NO5S. The molecule has 34 heavy (non-hydrogen) atoms. The van der Waals surface area contributed by atoms with Crippen LogP contribution in [0.3, 0.4) is 0 Å². The number of halogens is 3. The average Bonchev–Trinajstić information content (AvgIpc) is 3.50. The molecule has 1 saturated carbocycles. The fourth-order valence-corrected chi connectivity index (χ4v) is 6.07. The van der Waals surface area contributed by atoms with Crippen LogP contribution in [0.1, 0.15) is 66.1 Å². The van der Waals surface area contributed by atoms with Crippen molar-refractivity contribution in [3.8, 4) is 16.2 Å². The molecule has 180 valence electrons. The molecule has 2 aromatic heterocycles. The molecule has 1 atom stereocenters. The molecule has 2 aliphatic carbocycles. The van der Waals surface area contributed by atoms with E-state index < -0.39 is 41.2 Å². The van der Waals surface area contributed by atoms with Crippen LogP contribution in [-0.4, -0.2) is 27.4 Å². The molecule has 0 radical (unpaired) electrons. The van der Waals surface area contributed by atoms with Crippen molar-refractivity contribution in [2.24, 2.45) is 5.41 Å². The number of hydrogen-bond acceptors (Lipinski definition) is 5. The number of benzene rings is 1. The molecule has 0 amide bonds. The summed E-state index contributed by atoms with van der Waals surface area (Å²) in [7, 11) is 0. The maximum Gasteiger partial charge on any atom is 0.387 e. The number of aliphatic hydroxyl groups is 1. The number of aromatic nitrogens is 1. The number of ether oxygens (including phenoxy) is 1. The van der Waals surface area contributed by atoms with E-state index in [1.807, 2.05) is 13.8 Å². The summed E-state index contributed by atoms with van der Waals surface area (Å²) in [5.74, 6) is -2.96. The first kappa shape index (κ1) is 22.9. The Kier molecular flexibility index (Phi) is 5.29. The lowest BCUT2D eigenvalue weighted by Gasteiger charge is -2.34. The number of rotatable bonds is 5. The molecule has 1 fully saturated rings. The van der Waals surface area contributed by atoms with E-state index in [1.54, 1.807) is 6.07 Å². The van der Waals surface area contributed by atoms with Crippen LogP contribution >= 0.6 is 11.3 Å². The number of pyridine rings is 1. The van der Waals surface area contributed by atoms with Crippen LogP contribution in [-0.2, 0) is 6.42 Å². The molecule has 0 aliphatic heterocycles. The maximum atomic E-state index is 15.5. The molecule has 10 heteroatoms. The van der Waals surface area contributed by atoms with Crippen LogP contribution in [0, 0.1) is 11.2 Å². The number of carbonyl (C=O) groups is 1. The lowest BCUT2D eigenvalue weighted by Crippen LogP contribution is -2.26. The Morgan fingerprint density at radius 2 is 2.00 bits per heavy atom. The van der Waals surface area contributed by atoms with Gasteiger partial charge in [0, 0.05) is 22.0 Å². The standard InChI is InChI=1S/C24H22F3NO5S/c1-24(2)6-5-10-7-15(34-20(10)21(24)30)16-14(25)8-12-17(19(16)33-23(26)27)28(11-3-4-11)9-13(18(12)29)22(31)32/h7-9,11,21,23,30H,3-6H2,1-2H3,(H,31,32). The minimum atomic E-state index is -3.30. The van der Waals surface area contributed by atoms with Gasteiger partial charge in [0.05, 0.1) is 22.6 Å². The maximum absolute atomic E-state index is 15.5. The van der Waals surface area contributed by atoms with Crippen molar-refractivity contribution >= 4 is 28.2 Å². The second-order valence-electron chi connectivity index (χ2n) is 9.54. The van der Waals surface area contributed by atoms with Crippen molar-refractivity contribution in [1.29, 1.82) is 0 Å². The summed E-state index contributed by atoms with van der Waals surface area (Å²) in [4.78, 5) is 25.4. The fraction of sp³-hybridized carbons (Fsp3) is 0.417. The monoisotopic (exact) mass is 493 g/mol. The fourth-order valence-electron chi connectivity index (χ4n) is 4.62. The molecule has 0 saturated heterocycles. The first-order chi connectivity index (χ1) is 16.0. The van der Waals surface area contributed by atoms with Crippen molar-refractivity contribution in [1.82, 2.24) is 4.57 Å². The topological polar surface area (TPSA) is 88.8 Å². The first-order valence-corrected chi connectivity index (χ1v) is 11.7. The van der Waals surface area contributed by atoms with Gasteiger partial charge in [-0.05, 0) is 48.8 Å². The van der Waals surface area contributed by atoms with Gasteiger partial charge < -0.3 is 19.5 Å². The summed E-state index contributed by atoms with van der Waals surface area (Å²) >= 11 is 1.11. The number of aliphatic hydroxyl groups excluding tert-OH is 1. The smallest absolute Gasteiger partial charge is 0.387 e. The number of carboxylic acids is 1. The first-order valence-electron chi connectivity index (χ1n) is 10.9. The van der Waals surface area contributed by atoms with Crippen LogP contribution in [0.5, 0.6) is 5.75 Å². The minimum Gasteiger partial charge on any atom is -0.477 e. The molecule has 2 heterocycles. The van der Waals surface area contributed by atoms with E-state index in [-0.39, 0.29) is 27.9 Å². The molecular weight excluding hydrogens is 471 g/mol. The zero-order valence-corrected chi connectivity index (χ0v) is 19.2. The third-order valence-electron chi connectivity index (χ3n) is 6.72. The number of aromatic carboxylic acids is 1. The van der Waals surface area contributed by atoms with Crippen molar-refractivity contribution in [2.45, 2.75) is 58.3 Å². The second kappa shape index (κ2) is 7.84. The minimum absolute atomic E-state index is 0.0542. The number of carboxylic acid groups (broad SMARTS) is 1. The normalized spacial score (nSPS) is 19.4. The summed E-state index contributed by atoms with van der Waals surface area (Å²) in [6, 6.07) is 2.36. The number of thiophene rings is 1. The molecule has 2 N–H and O–H groups in total. The van der Waals surface area contributed by atoms with E-state index in [1.165, 1.54) is 4.57 Å². The molecule has 5 rings (SSSR count). The van der Waals surface area contributed by atoms with Gasteiger partial charge >= 0.3 is 12.6 Å².